The average molecular weight is 487 g/mol. The fourth-order valence-corrected chi connectivity index (χ4v) is 3.79. The molecule has 7 heteroatoms. The molecule has 2 amide bonds. The lowest BCUT2D eigenvalue weighted by molar-refractivity contribution is -0.133. The fraction of sp³-hybridized carbons (Fsp3) is 0.308. The summed E-state index contributed by atoms with van der Waals surface area (Å²) in [6, 6.07) is 18.3. The average Bonchev–Trinajstić information content (AvgIpc) is 3.21. The van der Waals surface area contributed by atoms with Crippen molar-refractivity contribution in [3.63, 3.8) is 0 Å². The summed E-state index contributed by atoms with van der Waals surface area (Å²) in [5.41, 5.74) is 1.53. The zero-order valence-corrected chi connectivity index (χ0v) is 20.6. The molecule has 33 heavy (non-hydrogen) atoms. The molecule has 0 aliphatic heterocycles. The zero-order chi connectivity index (χ0) is 24.0. The topological polar surface area (TPSA) is 53.8 Å². The van der Waals surface area contributed by atoms with Gasteiger partial charge in [-0.1, -0.05) is 53.5 Å². The Morgan fingerprint density at radius 3 is 2.30 bits per heavy atom. The molecule has 174 valence electrons. The van der Waals surface area contributed by atoms with E-state index in [1.807, 2.05) is 63.2 Å². The zero-order valence-electron chi connectivity index (χ0n) is 19.1. The Balaban J connectivity index is 1.78. The Hall–Kier alpha value is -2.76. The van der Waals surface area contributed by atoms with Crippen LogP contribution in [0.5, 0.6) is 0 Å². The van der Waals surface area contributed by atoms with Gasteiger partial charge in [0.05, 0.1) is 16.6 Å². The highest BCUT2D eigenvalue weighted by molar-refractivity contribution is 6.42. The van der Waals surface area contributed by atoms with Crippen molar-refractivity contribution in [3.05, 3.63) is 93.4 Å². The van der Waals surface area contributed by atoms with E-state index in [4.69, 9.17) is 27.6 Å². The molecule has 0 unspecified atom stereocenters. The minimum atomic E-state index is -0.270. The van der Waals surface area contributed by atoms with Crippen LogP contribution in [-0.4, -0.2) is 40.7 Å². The minimum Gasteiger partial charge on any atom is -0.464 e. The normalized spacial score (nSPS) is 11.0. The lowest BCUT2D eigenvalue weighted by Gasteiger charge is -2.30. The highest BCUT2D eigenvalue weighted by Gasteiger charge is 2.25. The Bertz CT molecular complexity index is 1100. The number of furan rings is 1. The van der Waals surface area contributed by atoms with Crippen LogP contribution in [0.2, 0.25) is 10.0 Å². The molecule has 3 rings (SSSR count). The SMILES string of the molecule is Cc1ccc(CN(CCc2ccccc2)C(=O)CN(C(=O)c2ccc(Cl)c(Cl)c2)C(C)C)o1. The van der Waals surface area contributed by atoms with Crippen molar-refractivity contribution < 1.29 is 14.0 Å². The van der Waals surface area contributed by atoms with Gasteiger partial charge in [0, 0.05) is 18.2 Å². The summed E-state index contributed by atoms with van der Waals surface area (Å²) in [5, 5.41) is 0.677. The van der Waals surface area contributed by atoms with Crippen LogP contribution < -0.4 is 0 Å². The Kier molecular flexibility index (Phi) is 8.59. The lowest BCUT2D eigenvalue weighted by atomic mass is 10.1. The van der Waals surface area contributed by atoms with E-state index < -0.39 is 0 Å². The number of hydrogen-bond acceptors (Lipinski definition) is 3. The van der Waals surface area contributed by atoms with Crippen LogP contribution in [-0.2, 0) is 17.8 Å². The number of halogens is 2. The van der Waals surface area contributed by atoms with Gasteiger partial charge in [0.25, 0.3) is 5.91 Å². The number of carbonyl (C=O) groups is 2. The molecule has 0 spiro atoms. The van der Waals surface area contributed by atoms with Gasteiger partial charge in [-0.3, -0.25) is 9.59 Å². The van der Waals surface area contributed by atoms with Crippen molar-refractivity contribution >= 4 is 35.0 Å². The molecule has 0 atom stereocenters. The second kappa shape index (κ2) is 11.4. The molecule has 3 aromatic rings. The van der Waals surface area contributed by atoms with E-state index in [1.165, 1.54) is 6.07 Å². The first-order chi connectivity index (χ1) is 15.7. The van der Waals surface area contributed by atoms with E-state index in [2.05, 4.69) is 0 Å². The van der Waals surface area contributed by atoms with E-state index in [9.17, 15) is 9.59 Å². The lowest BCUT2D eigenvalue weighted by Crippen LogP contribution is -2.46. The molecule has 0 saturated carbocycles. The van der Waals surface area contributed by atoms with Crippen LogP contribution in [0, 0.1) is 6.92 Å². The monoisotopic (exact) mass is 486 g/mol. The number of carbonyl (C=O) groups excluding carboxylic acids is 2. The highest BCUT2D eigenvalue weighted by Crippen LogP contribution is 2.24. The van der Waals surface area contributed by atoms with Crippen molar-refractivity contribution in [3.8, 4) is 0 Å². The third-order valence-corrected chi connectivity index (χ3v) is 6.10. The van der Waals surface area contributed by atoms with Crippen molar-refractivity contribution in [1.82, 2.24) is 9.80 Å². The second-order valence-electron chi connectivity index (χ2n) is 8.22. The van der Waals surface area contributed by atoms with Crippen molar-refractivity contribution in [2.45, 2.75) is 39.8 Å². The summed E-state index contributed by atoms with van der Waals surface area (Å²) >= 11 is 12.1. The number of amides is 2. The van der Waals surface area contributed by atoms with E-state index in [1.54, 1.807) is 21.9 Å². The summed E-state index contributed by atoms with van der Waals surface area (Å²) in [7, 11) is 0. The van der Waals surface area contributed by atoms with Crippen molar-refractivity contribution in [1.29, 1.82) is 0 Å². The molecule has 1 heterocycles. The number of hydrogen-bond donors (Lipinski definition) is 0. The van der Waals surface area contributed by atoms with Gasteiger partial charge in [-0.15, -0.1) is 0 Å². The molecule has 0 fully saturated rings. The third kappa shape index (κ3) is 6.86. The number of aryl methyl sites for hydroxylation is 1. The molecule has 0 aliphatic rings. The molecule has 0 bridgehead atoms. The smallest absolute Gasteiger partial charge is 0.254 e. The van der Waals surface area contributed by atoms with Crippen LogP contribution in [0.15, 0.2) is 65.1 Å². The van der Waals surface area contributed by atoms with Crippen LogP contribution >= 0.6 is 23.2 Å². The summed E-state index contributed by atoms with van der Waals surface area (Å²) in [6.45, 7) is 6.43. The Morgan fingerprint density at radius 1 is 0.970 bits per heavy atom. The largest absolute Gasteiger partial charge is 0.464 e. The molecule has 0 radical (unpaired) electrons. The maximum Gasteiger partial charge on any atom is 0.254 e. The molecule has 0 N–H and O–H groups in total. The molecule has 5 nitrogen and oxygen atoms in total. The van der Waals surface area contributed by atoms with Crippen LogP contribution in [0.25, 0.3) is 0 Å². The van der Waals surface area contributed by atoms with E-state index >= 15 is 0 Å². The van der Waals surface area contributed by atoms with Gasteiger partial charge < -0.3 is 14.2 Å². The first-order valence-corrected chi connectivity index (χ1v) is 11.6. The molecular weight excluding hydrogens is 459 g/mol. The maximum absolute atomic E-state index is 13.4. The summed E-state index contributed by atoms with van der Waals surface area (Å²) < 4.78 is 5.71. The predicted molar refractivity (Wildman–Crippen MR) is 132 cm³/mol. The van der Waals surface area contributed by atoms with Gasteiger partial charge in [-0.05, 0) is 63.1 Å². The van der Waals surface area contributed by atoms with Gasteiger partial charge in [0.1, 0.15) is 18.1 Å². The predicted octanol–water partition coefficient (Wildman–Crippen LogP) is 6.02. The summed E-state index contributed by atoms with van der Waals surface area (Å²) in [4.78, 5) is 29.9. The second-order valence-corrected chi connectivity index (χ2v) is 9.03. The molecule has 1 aromatic heterocycles. The number of nitrogens with zero attached hydrogens (tertiary/aromatic N) is 2. The Labute approximate surface area is 204 Å². The van der Waals surface area contributed by atoms with Gasteiger partial charge in [0.2, 0.25) is 5.91 Å². The van der Waals surface area contributed by atoms with Gasteiger partial charge in [-0.2, -0.15) is 0 Å². The minimum absolute atomic E-state index is 0.0504. The molecule has 0 aliphatic carbocycles. The van der Waals surface area contributed by atoms with Crippen molar-refractivity contribution in [2.75, 3.05) is 13.1 Å². The molecular formula is C26H28Cl2N2O3. The van der Waals surface area contributed by atoms with Gasteiger partial charge in [0.15, 0.2) is 0 Å². The quantitative estimate of drug-likeness (QED) is 0.371. The number of rotatable bonds is 9. The van der Waals surface area contributed by atoms with Gasteiger partial charge in [-0.25, -0.2) is 0 Å². The first kappa shape index (κ1) is 24.9. The van der Waals surface area contributed by atoms with Gasteiger partial charge >= 0.3 is 0 Å². The molecule has 0 saturated heterocycles. The number of benzene rings is 2. The summed E-state index contributed by atoms with van der Waals surface area (Å²) in [5.74, 6) is 1.08. The maximum atomic E-state index is 13.4. The molecule has 2 aromatic carbocycles. The van der Waals surface area contributed by atoms with Crippen molar-refractivity contribution in [2.24, 2.45) is 0 Å². The third-order valence-electron chi connectivity index (χ3n) is 5.37. The first-order valence-electron chi connectivity index (χ1n) is 10.9. The standard InChI is InChI=1S/C26H28Cl2N2O3/c1-18(2)30(26(32)21-10-12-23(27)24(28)15-21)17-25(31)29(16-22-11-9-19(3)33-22)14-13-20-7-5-4-6-8-20/h4-12,15,18H,13-14,16-17H2,1-3H3. The van der Waals surface area contributed by atoms with Crippen LogP contribution in [0.1, 0.15) is 41.3 Å². The van der Waals surface area contributed by atoms with Crippen LogP contribution in [0.4, 0.5) is 0 Å². The van der Waals surface area contributed by atoms with E-state index in [0.29, 0.717) is 40.9 Å². The fourth-order valence-electron chi connectivity index (χ4n) is 3.49. The summed E-state index contributed by atoms with van der Waals surface area (Å²) in [6.07, 6.45) is 0.703. The van der Waals surface area contributed by atoms with Crippen LogP contribution in [0.3, 0.4) is 0 Å². The van der Waals surface area contributed by atoms with E-state index in [0.717, 1.165) is 11.3 Å². The highest BCUT2D eigenvalue weighted by atomic mass is 35.5. The Morgan fingerprint density at radius 2 is 1.70 bits per heavy atom. The van der Waals surface area contributed by atoms with E-state index in [-0.39, 0.29) is 24.4 Å².